The normalized spacial score (nSPS) is 16.2. The van der Waals surface area contributed by atoms with E-state index in [-0.39, 0.29) is 6.04 Å². The second kappa shape index (κ2) is 6.23. The molecular formula is C17H21N3O2. The number of aromatic nitrogens is 1. The van der Waals surface area contributed by atoms with Gasteiger partial charge >= 0.3 is 0 Å². The van der Waals surface area contributed by atoms with E-state index in [1.165, 1.54) is 11.1 Å². The highest BCUT2D eigenvalue weighted by Gasteiger charge is 2.22. The Balaban J connectivity index is 1.79. The molecule has 1 atom stereocenters. The summed E-state index contributed by atoms with van der Waals surface area (Å²) in [7, 11) is 3.31. The minimum Gasteiger partial charge on any atom is -0.497 e. The Morgan fingerprint density at radius 1 is 1.27 bits per heavy atom. The van der Waals surface area contributed by atoms with E-state index in [1.807, 2.05) is 30.5 Å². The SMILES string of the molecule is COc1ccc(CNc2nccc3c2CC[C@H]3N)c(OC)c1. The van der Waals surface area contributed by atoms with Gasteiger partial charge in [-0.2, -0.15) is 0 Å². The lowest BCUT2D eigenvalue weighted by atomic mass is 10.1. The molecule has 1 aromatic heterocycles. The van der Waals surface area contributed by atoms with Crippen molar-refractivity contribution in [1.82, 2.24) is 4.98 Å². The molecule has 0 bridgehead atoms. The quantitative estimate of drug-likeness (QED) is 0.888. The van der Waals surface area contributed by atoms with Crippen LogP contribution in [0.5, 0.6) is 11.5 Å². The number of rotatable bonds is 5. The minimum absolute atomic E-state index is 0.133. The number of hydrogen-bond donors (Lipinski definition) is 2. The Morgan fingerprint density at radius 2 is 2.14 bits per heavy atom. The average Bonchev–Trinajstić information content (AvgIpc) is 2.94. The number of nitrogens with two attached hydrogens (primary N) is 1. The van der Waals surface area contributed by atoms with Crippen molar-refractivity contribution in [3.05, 3.63) is 47.2 Å². The lowest BCUT2D eigenvalue weighted by Crippen LogP contribution is -2.08. The van der Waals surface area contributed by atoms with Crippen LogP contribution in [0.1, 0.15) is 29.2 Å². The molecule has 0 amide bonds. The monoisotopic (exact) mass is 299 g/mol. The van der Waals surface area contributed by atoms with Crippen molar-refractivity contribution in [3.63, 3.8) is 0 Å². The van der Waals surface area contributed by atoms with Gasteiger partial charge in [-0.3, -0.25) is 0 Å². The number of hydrogen-bond acceptors (Lipinski definition) is 5. The summed E-state index contributed by atoms with van der Waals surface area (Å²) in [5.74, 6) is 2.50. The third kappa shape index (κ3) is 2.72. The molecular weight excluding hydrogens is 278 g/mol. The molecule has 1 heterocycles. The van der Waals surface area contributed by atoms with Crippen molar-refractivity contribution in [2.75, 3.05) is 19.5 Å². The zero-order valence-electron chi connectivity index (χ0n) is 12.9. The number of benzene rings is 1. The van der Waals surface area contributed by atoms with E-state index in [4.69, 9.17) is 15.2 Å². The number of fused-ring (bicyclic) bond motifs is 1. The minimum atomic E-state index is 0.133. The van der Waals surface area contributed by atoms with Crippen LogP contribution in [-0.4, -0.2) is 19.2 Å². The van der Waals surface area contributed by atoms with E-state index in [1.54, 1.807) is 14.2 Å². The Hall–Kier alpha value is -2.27. The summed E-state index contributed by atoms with van der Waals surface area (Å²) >= 11 is 0. The molecule has 1 aromatic carbocycles. The molecule has 5 heteroatoms. The molecule has 0 fully saturated rings. The number of methoxy groups -OCH3 is 2. The fourth-order valence-corrected chi connectivity index (χ4v) is 2.90. The van der Waals surface area contributed by atoms with Gasteiger partial charge in [-0.1, -0.05) is 0 Å². The smallest absolute Gasteiger partial charge is 0.129 e. The Labute approximate surface area is 130 Å². The second-order valence-corrected chi connectivity index (χ2v) is 5.40. The predicted octanol–water partition coefficient (Wildman–Crippen LogP) is 2.66. The number of nitrogens with zero attached hydrogens (tertiary/aromatic N) is 1. The molecule has 0 spiro atoms. The van der Waals surface area contributed by atoms with Gasteiger partial charge < -0.3 is 20.5 Å². The van der Waals surface area contributed by atoms with Gasteiger partial charge in [0.25, 0.3) is 0 Å². The van der Waals surface area contributed by atoms with Crippen LogP contribution in [0.15, 0.2) is 30.5 Å². The molecule has 0 unspecified atom stereocenters. The fourth-order valence-electron chi connectivity index (χ4n) is 2.90. The molecule has 0 radical (unpaired) electrons. The molecule has 3 N–H and O–H groups in total. The maximum absolute atomic E-state index is 6.11. The van der Waals surface area contributed by atoms with E-state index < -0.39 is 0 Å². The van der Waals surface area contributed by atoms with Crippen molar-refractivity contribution in [1.29, 1.82) is 0 Å². The Kier molecular flexibility index (Phi) is 4.15. The standard InChI is InChI=1S/C17H21N3O2/c1-21-12-4-3-11(16(9-12)22-2)10-20-17-14-5-6-15(18)13(14)7-8-19-17/h3-4,7-9,15H,5-6,10,18H2,1-2H3,(H,19,20)/t15-/m1/s1. The van der Waals surface area contributed by atoms with Gasteiger partial charge in [-0.15, -0.1) is 0 Å². The maximum Gasteiger partial charge on any atom is 0.129 e. The molecule has 0 aliphatic heterocycles. The van der Waals surface area contributed by atoms with E-state index >= 15 is 0 Å². The van der Waals surface area contributed by atoms with Crippen LogP contribution in [0.2, 0.25) is 0 Å². The van der Waals surface area contributed by atoms with Gasteiger partial charge in [0, 0.05) is 30.4 Å². The summed E-state index contributed by atoms with van der Waals surface area (Å²) in [6.07, 6.45) is 3.78. The zero-order valence-corrected chi connectivity index (χ0v) is 12.9. The van der Waals surface area contributed by atoms with E-state index in [0.29, 0.717) is 6.54 Å². The molecule has 5 nitrogen and oxygen atoms in total. The van der Waals surface area contributed by atoms with E-state index in [0.717, 1.165) is 35.7 Å². The Morgan fingerprint density at radius 3 is 2.91 bits per heavy atom. The van der Waals surface area contributed by atoms with Crippen molar-refractivity contribution in [2.24, 2.45) is 5.73 Å². The third-order valence-corrected chi connectivity index (χ3v) is 4.14. The fraction of sp³-hybridized carbons (Fsp3) is 0.353. The van der Waals surface area contributed by atoms with Crippen LogP contribution >= 0.6 is 0 Å². The van der Waals surface area contributed by atoms with Gasteiger partial charge in [0.15, 0.2) is 0 Å². The van der Waals surface area contributed by atoms with Gasteiger partial charge in [-0.25, -0.2) is 4.98 Å². The third-order valence-electron chi connectivity index (χ3n) is 4.14. The topological polar surface area (TPSA) is 69.4 Å². The summed E-state index contributed by atoms with van der Waals surface area (Å²) in [6, 6.07) is 7.97. The van der Waals surface area contributed by atoms with Crippen LogP contribution in [0, 0.1) is 0 Å². The van der Waals surface area contributed by atoms with Gasteiger partial charge in [0.05, 0.1) is 14.2 Å². The summed E-state index contributed by atoms with van der Waals surface area (Å²) in [5, 5.41) is 3.41. The highest BCUT2D eigenvalue weighted by Crippen LogP contribution is 2.33. The number of anilines is 1. The number of nitrogens with one attached hydrogen (secondary N) is 1. The summed E-state index contributed by atoms with van der Waals surface area (Å²) < 4.78 is 10.6. The second-order valence-electron chi connectivity index (χ2n) is 5.40. The summed E-state index contributed by atoms with van der Waals surface area (Å²) in [5.41, 5.74) is 9.62. The predicted molar refractivity (Wildman–Crippen MR) is 86.4 cm³/mol. The summed E-state index contributed by atoms with van der Waals surface area (Å²) in [4.78, 5) is 4.46. The zero-order chi connectivity index (χ0) is 15.5. The lowest BCUT2D eigenvalue weighted by molar-refractivity contribution is 0.391. The van der Waals surface area contributed by atoms with Gasteiger partial charge in [0.1, 0.15) is 17.3 Å². The average molecular weight is 299 g/mol. The first-order valence-corrected chi connectivity index (χ1v) is 7.41. The highest BCUT2D eigenvalue weighted by atomic mass is 16.5. The van der Waals surface area contributed by atoms with Crippen LogP contribution in [0.3, 0.4) is 0 Å². The molecule has 0 saturated heterocycles. The summed E-state index contributed by atoms with van der Waals surface area (Å²) in [6.45, 7) is 0.645. The lowest BCUT2D eigenvalue weighted by Gasteiger charge is -2.14. The number of pyridine rings is 1. The van der Waals surface area contributed by atoms with Crippen LogP contribution in [-0.2, 0) is 13.0 Å². The first kappa shape index (κ1) is 14.7. The van der Waals surface area contributed by atoms with Crippen LogP contribution in [0.4, 0.5) is 5.82 Å². The molecule has 22 heavy (non-hydrogen) atoms. The van der Waals surface area contributed by atoms with Crippen LogP contribution in [0.25, 0.3) is 0 Å². The van der Waals surface area contributed by atoms with E-state index in [2.05, 4.69) is 10.3 Å². The van der Waals surface area contributed by atoms with Crippen LogP contribution < -0.4 is 20.5 Å². The molecule has 116 valence electrons. The van der Waals surface area contributed by atoms with Crippen molar-refractivity contribution in [2.45, 2.75) is 25.4 Å². The molecule has 3 rings (SSSR count). The van der Waals surface area contributed by atoms with Gasteiger partial charge in [-0.05, 0) is 42.2 Å². The van der Waals surface area contributed by atoms with Crippen molar-refractivity contribution in [3.8, 4) is 11.5 Å². The maximum atomic E-state index is 6.11. The first-order valence-electron chi connectivity index (χ1n) is 7.41. The first-order chi connectivity index (χ1) is 10.7. The van der Waals surface area contributed by atoms with E-state index in [9.17, 15) is 0 Å². The Bertz CT molecular complexity index is 673. The molecule has 2 aromatic rings. The number of ether oxygens (including phenoxy) is 2. The molecule has 0 saturated carbocycles. The van der Waals surface area contributed by atoms with Crippen molar-refractivity contribution < 1.29 is 9.47 Å². The largest absolute Gasteiger partial charge is 0.497 e. The molecule has 1 aliphatic rings. The highest BCUT2D eigenvalue weighted by molar-refractivity contribution is 5.53. The van der Waals surface area contributed by atoms with Crippen molar-refractivity contribution >= 4 is 5.82 Å². The molecule has 1 aliphatic carbocycles. The van der Waals surface area contributed by atoms with Gasteiger partial charge in [0.2, 0.25) is 0 Å².